The van der Waals surface area contributed by atoms with Crippen molar-refractivity contribution in [3.63, 3.8) is 0 Å². The number of aryl methyl sites for hydroxylation is 1. The van der Waals surface area contributed by atoms with Crippen molar-refractivity contribution in [3.8, 4) is 16.5 Å². The average Bonchev–Trinajstić information content (AvgIpc) is 3.37. The lowest BCUT2D eigenvalue weighted by molar-refractivity contribution is 0.0909. The number of carbonyl (C=O) groups is 1. The van der Waals surface area contributed by atoms with E-state index in [0.717, 1.165) is 16.1 Å². The first kappa shape index (κ1) is 20.1. The van der Waals surface area contributed by atoms with Gasteiger partial charge in [0.25, 0.3) is 11.9 Å². The highest BCUT2D eigenvalue weighted by atomic mass is 32.1. The van der Waals surface area contributed by atoms with Crippen molar-refractivity contribution >= 4 is 17.2 Å². The molecule has 2 N–H and O–H groups in total. The third-order valence-electron chi connectivity index (χ3n) is 4.27. The topological polar surface area (TPSA) is 102 Å². The Hall–Kier alpha value is -2.62. The molecule has 148 valence electrons. The minimum Gasteiger partial charge on any atom is -0.391 e. The van der Waals surface area contributed by atoms with Crippen molar-refractivity contribution in [2.24, 2.45) is 0 Å². The largest absolute Gasteiger partial charge is 0.391 e. The summed E-state index contributed by atoms with van der Waals surface area (Å²) in [5, 5.41) is 18.7. The second-order valence-corrected chi connectivity index (χ2v) is 7.25. The third-order valence-corrected chi connectivity index (χ3v) is 5.14. The summed E-state index contributed by atoms with van der Waals surface area (Å²) in [6, 6.07) is 3.97. The van der Waals surface area contributed by atoms with E-state index in [2.05, 4.69) is 20.4 Å². The molecule has 0 radical (unpaired) electrons. The van der Waals surface area contributed by atoms with Gasteiger partial charge in [-0.2, -0.15) is 9.78 Å². The van der Waals surface area contributed by atoms with E-state index < -0.39 is 6.10 Å². The van der Waals surface area contributed by atoms with Crippen LogP contribution in [-0.4, -0.2) is 50.5 Å². The molecule has 3 aromatic heterocycles. The molecular formula is C19H23N5O3S. The van der Waals surface area contributed by atoms with Gasteiger partial charge in [-0.1, -0.05) is 13.0 Å². The number of ether oxygens (including phenoxy) is 1. The molecule has 1 unspecified atom stereocenters. The number of aliphatic hydroxyl groups is 1. The van der Waals surface area contributed by atoms with Crippen LogP contribution in [0.4, 0.5) is 0 Å². The Balaban J connectivity index is 1.95. The molecule has 0 spiro atoms. The van der Waals surface area contributed by atoms with Crippen LogP contribution in [0.5, 0.6) is 0 Å². The van der Waals surface area contributed by atoms with Crippen molar-refractivity contribution in [1.29, 1.82) is 0 Å². The molecule has 8 nitrogen and oxygen atoms in total. The van der Waals surface area contributed by atoms with Gasteiger partial charge in [-0.15, -0.1) is 11.3 Å². The first-order valence-corrected chi connectivity index (χ1v) is 9.83. The van der Waals surface area contributed by atoms with E-state index in [1.165, 1.54) is 10.9 Å². The van der Waals surface area contributed by atoms with Gasteiger partial charge in [0, 0.05) is 19.9 Å². The van der Waals surface area contributed by atoms with Gasteiger partial charge in [0.2, 0.25) is 0 Å². The van der Waals surface area contributed by atoms with Gasteiger partial charge in [-0.25, -0.2) is 9.97 Å². The van der Waals surface area contributed by atoms with Crippen LogP contribution in [0.1, 0.15) is 35.0 Å². The van der Waals surface area contributed by atoms with Crippen molar-refractivity contribution in [2.75, 3.05) is 13.7 Å². The quantitative estimate of drug-likeness (QED) is 0.601. The Labute approximate surface area is 167 Å². The highest BCUT2D eigenvalue weighted by molar-refractivity contribution is 7.13. The van der Waals surface area contributed by atoms with Crippen LogP contribution in [0.25, 0.3) is 16.5 Å². The van der Waals surface area contributed by atoms with Crippen molar-refractivity contribution in [2.45, 2.75) is 33.0 Å². The summed E-state index contributed by atoms with van der Waals surface area (Å²) < 4.78 is 6.79. The summed E-state index contributed by atoms with van der Waals surface area (Å²) in [5.74, 6) is 0.0464. The molecule has 1 atom stereocenters. The van der Waals surface area contributed by atoms with E-state index in [1.807, 2.05) is 31.4 Å². The smallest absolute Gasteiger partial charge is 0.254 e. The number of nitrogens with zero attached hydrogens (tertiary/aromatic N) is 4. The lowest BCUT2D eigenvalue weighted by Crippen LogP contribution is -2.32. The number of nitrogens with one attached hydrogen (secondary N) is 1. The van der Waals surface area contributed by atoms with Crippen LogP contribution in [0.2, 0.25) is 0 Å². The Kier molecular flexibility index (Phi) is 6.50. The van der Waals surface area contributed by atoms with Crippen LogP contribution in [0, 0.1) is 6.92 Å². The van der Waals surface area contributed by atoms with Crippen LogP contribution < -0.4 is 5.32 Å². The van der Waals surface area contributed by atoms with Gasteiger partial charge in [0.15, 0.2) is 0 Å². The standard InChI is InChI=1S/C19H23N5O3S/c1-4-13(25)9-20-18(26)14-10-22-24(15(14)11-27-3)19-21-8-12(2)17(23-19)16-6-5-7-28-16/h5-8,10,13,25H,4,9,11H2,1-3H3,(H,20,26). The van der Waals surface area contributed by atoms with E-state index in [0.29, 0.717) is 23.6 Å². The average molecular weight is 401 g/mol. The van der Waals surface area contributed by atoms with Crippen molar-refractivity contribution in [1.82, 2.24) is 25.1 Å². The Bertz CT molecular complexity index is 939. The summed E-state index contributed by atoms with van der Waals surface area (Å²) in [6.45, 7) is 4.15. The molecule has 0 aliphatic rings. The van der Waals surface area contributed by atoms with E-state index in [4.69, 9.17) is 4.74 Å². The molecule has 3 aromatic rings. The third kappa shape index (κ3) is 4.27. The zero-order chi connectivity index (χ0) is 20.1. The van der Waals surface area contributed by atoms with Crippen molar-refractivity contribution < 1.29 is 14.6 Å². The molecule has 3 rings (SSSR count). The SMILES string of the molecule is CCC(O)CNC(=O)c1cnn(-c2ncc(C)c(-c3cccs3)n2)c1COC. The number of rotatable bonds is 8. The zero-order valence-electron chi connectivity index (χ0n) is 16.0. The summed E-state index contributed by atoms with van der Waals surface area (Å²) in [5.41, 5.74) is 2.70. The highest BCUT2D eigenvalue weighted by Gasteiger charge is 2.21. The van der Waals surface area contributed by atoms with Crippen LogP contribution in [0.15, 0.2) is 29.9 Å². The van der Waals surface area contributed by atoms with Gasteiger partial charge >= 0.3 is 0 Å². The Morgan fingerprint density at radius 3 is 2.93 bits per heavy atom. The number of hydrogen-bond acceptors (Lipinski definition) is 7. The normalized spacial score (nSPS) is 12.1. The monoisotopic (exact) mass is 401 g/mol. The molecule has 28 heavy (non-hydrogen) atoms. The van der Waals surface area contributed by atoms with E-state index >= 15 is 0 Å². The molecule has 0 saturated heterocycles. The molecule has 1 amide bonds. The number of thiophene rings is 1. The van der Waals surface area contributed by atoms with Crippen molar-refractivity contribution in [3.05, 3.63) is 46.7 Å². The van der Waals surface area contributed by atoms with E-state index in [1.54, 1.807) is 24.6 Å². The minimum absolute atomic E-state index is 0.171. The highest BCUT2D eigenvalue weighted by Crippen LogP contribution is 2.26. The van der Waals surface area contributed by atoms with Gasteiger partial charge in [0.1, 0.15) is 0 Å². The maximum atomic E-state index is 12.5. The fourth-order valence-electron chi connectivity index (χ4n) is 2.66. The van der Waals surface area contributed by atoms with Gasteiger partial charge in [-0.3, -0.25) is 4.79 Å². The first-order chi connectivity index (χ1) is 13.5. The molecule has 0 aromatic carbocycles. The van der Waals surface area contributed by atoms with Crippen LogP contribution in [-0.2, 0) is 11.3 Å². The minimum atomic E-state index is -0.585. The fraction of sp³-hybridized carbons (Fsp3) is 0.368. The predicted molar refractivity (Wildman–Crippen MR) is 107 cm³/mol. The predicted octanol–water partition coefficient (Wildman–Crippen LogP) is 2.35. The van der Waals surface area contributed by atoms with E-state index in [-0.39, 0.29) is 19.1 Å². The second kappa shape index (κ2) is 9.05. The first-order valence-electron chi connectivity index (χ1n) is 8.95. The number of carbonyl (C=O) groups excluding carboxylic acids is 1. The maximum absolute atomic E-state index is 12.5. The lowest BCUT2D eigenvalue weighted by Gasteiger charge is -2.11. The number of hydrogen-bond donors (Lipinski definition) is 2. The number of aromatic nitrogens is 4. The Morgan fingerprint density at radius 2 is 2.25 bits per heavy atom. The van der Waals surface area contributed by atoms with Crippen LogP contribution in [0.3, 0.4) is 0 Å². The molecule has 0 aliphatic heterocycles. The molecule has 0 aliphatic carbocycles. The fourth-order valence-corrected chi connectivity index (χ4v) is 3.44. The number of amides is 1. The molecule has 0 bridgehead atoms. The summed E-state index contributed by atoms with van der Waals surface area (Å²) in [4.78, 5) is 22.6. The number of aliphatic hydroxyl groups excluding tert-OH is 1. The van der Waals surface area contributed by atoms with Crippen LogP contribution >= 0.6 is 11.3 Å². The molecule has 0 fully saturated rings. The van der Waals surface area contributed by atoms with Gasteiger partial charge in [-0.05, 0) is 30.4 Å². The van der Waals surface area contributed by atoms with E-state index in [9.17, 15) is 9.90 Å². The van der Waals surface area contributed by atoms with Gasteiger partial charge < -0.3 is 15.2 Å². The molecular weight excluding hydrogens is 378 g/mol. The zero-order valence-corrected chi connectivity index (χ0v) is 16.9. The maximum Gasteiger partial charge on any atom is 0.254 e. The summed E-state index contributed by atoms with van der Waals surface area (Å²) in [6.07, 6.45) is 3.19. The van der Waals surface area contributed by atoms with Gasteiger partial charge in [0.05, 0.1) is 40.7 Å². The second-order valence-electron chi connectivity index (χ2n) is 6.30. The lowest BCUT2D eigenvalue weighted by atomic mass is 10.2. The summed E-state index contributed by atoms with van der Waals surface area (Å²) in [7, 11) is 1.55. The molecule has 9 heteroatoms. The summed E-state index contributed by atoms with van der Waals surface area (Å²) >= 11 is 1.60. The Morgan fingerprint density at radius 1 is 1.43 bits per heavy atom. The number of methoxy groups -OCH3 is 1. The molecule has 3 heterocycles. The molecule has 0 saturated carbocycles.